The minimum absolute atomic E-state index is 0.0246. The third-order valence-electron chi connectivity index (χ3n) is 3.42. The van der Waals surface area contributed by atoms with Crippen LogP contribution in [0.2, 0.25) is 0 Å². The first-order valence-corrected chi connectivity index (χ1v) is 8.43. The van der Waals surface area contributed by atoms with Crippen LogP contribution >= 0.6 is 11.8 Å². The Hall–Kier alpha value is -3.27. The number of hydrogen-bond donors (Lipinski definition) is 1. The minimum atomic E-state index is -0.488. The van der Waals surface area contributed by atoms with Gasteiger partial charge in [-0.15, -0.1) is 10.2 Å². The van der Waals surface area contributed by atoms with Gasteiger partial charge in [-0.05, 0) is 25.1 Å². The summed E-state index contributed by atoms with van der Waals surface area (Å²) in [6, 6.07) is 8.05. The third-order valence-corrected chi connectivity index (χ3v) is 4.24. The standard InChI is InChI=1S/C16H13N5O4S/c1-10-12(5-2-6-13(10)21(23)24)18-14(22)9-26-16-20-19-15(25-16)11-4-3-7-17-8-11/h2-8H,9H2,1H3,(H,18,22). The van der Waals surface area contributed by atoms with Crippen molar-refractivity contribution in [3.8, 4) is 11.5 Å². The van der Waals surface area contributed by atoms with E-state index in [1.165, 1.54) is 12.1 Å². The molecule has 0 aliphatic carbocycles. The van der Waals surface area contributed by atoms with Crippen LogP contribution in [0.1, 0.15) is 5.56 Å². The third kappa shape index (κ3) is 4.03. The molecule has 0 unspecified atom stereocenters. The van der Waals surface area contributed by atoms with Crippen LogP contribution in [-0.2, 0) is 4.79 Å². The Kier molecular flexibility index (Phi) is 5.23. The van der Waals surface area contributed by atoms with Gasteiger partial charge in [-0.25, -0.2) is 0 Å². The fourth-order valence-electron chi connectivity index (χ4n) is 2.14. The zero-order chi connectivity index (χ0) is 18.5. The highest BCUT2D eigenvalue weighted by molar-refractivity contribution is 7.99. The molecule has 0 saturated heterocycles. The number of nitro groups is 1. The molecule has 2 heterocycles. The maximum absolute atomic E-state index is 12.1. The smallest absolute Gasteiger partial charge is 0.277 e. The van der Waals surface area contributed by atoms with Crippen molar-refractivity contribution in [2.24, 2.45) is 0 Å². The predicted octanol–water partition coefficient (Wildman–Crippen LogP) is 3.08. The number of benzene rings is 1. The molecule has 2 aromatic heterocycles. The van der Waals surface area contributed by atoms with Crippen LogP contribution in [0.3, 0.4) is 0 Å². The SMILES string of the molecule is Cc1c(NC(=O)CSc2nnc(-c3cccnc3)o2)cccc1[N+](=O)[O-]. The van der Waals surface area contributed by atoms with E-state index in [4.69, 9.17) is 4.42 Å². The number of hydrogen-bond acceptors (Lipinski definition) is 8. The molecule has 0 aliphatic heterocycles. The second kappa shape index (κ2) is 7.74. The molecule has 0 fully saturated rings. The predicted molar refractivity (Wildman–Crippen MR) is 94.7 cm³/mol. The molecule has 0 bridgehead atoms. The summed E-state index contributed by atoms with van der Waals surface area (Å²) in [6.45, 7) is 1.58. The van der Waals surface area contributed by atoms with Crippen molar-refractivity contribution in [1.82, 2.24) is 15.2 Å². The minimum Gasteiger partial charge on any atom is -0.411 e. The fraction of sp³-hybridized carbons (Fsp3) is 0.125. The Morgan fingerprint density at radius 2 is 2.15 bits per heavy atom. The van der Waals surface area contributed by atoms with Gasteiger partial charge in [0.25, 0.3) is 10.9 Å². The van der Waals surface area contributed by atoms with Gasteiger partial charge in [-0.2, -0.15) is 0 Å². The zero-order valence-corrected chi connectivity index (χ0v) is 14.4. The number of amides is 1. The van der Waals surface area contributed by atoms with Crippen molar-refractivity contribution in [1.29, 1.82) is 0 Å². The van der Waals surface area contributed by atoms with Crippen LogP contribution in [0.15, 0.2) is 52.4 Å². The number of thioether (sulfide) groups is 1. The van der Waals surface area contributed by atoms with Crippen molar-refractivity contribution in [3.05, 3.63) is 58.4 Å². The number of nitrogens with zero attached hydrogens (tertiary/aromatic N) is 4. The van der Waals surface area contributed by atoms with Gasteiger partial charge in [0.05, 0.1) is 27.5 Å². The largest absolute Gasteiger partial charge is 0.411 e. The van der Waals surface area contributed by atoms with Crippen molar-refractivity contribution in [2.45, 2.75) is 12.1 Å². The lowest BCUT2D eigenvalue weighted by atomic mass is 10.1. The fourth-order valence-corrected chi connectivity index (χ4v) is 2.71. The first-order chi connectivity index (χ1) is 12.5. The topological polar surface area (TPSA) is 124 Å². The van der Waals surface area contributed by atoms with Crippen molar-refractivity contribution < 1.29 is 14.1 Å². The highest BCUT2D eigenvalue weighted by atomic mass is 32.2. The monoisotopic (exact) mass is 371 g/mol. The second-order valence-corrected chi connectivity index (χ2v) is 6.09. The van der Waals surface area contributed by atoms with Gasteiger partial charge in [0.2, 0.25) is 11.8 Å². The van der Waals surface area contributed by atoms with E-state index in [-0.39, 0.29) is 22.6 Å². The first kappa shape index (κ1) is 17.5. The summed E-state index contributed by atoms with van der Waals surface area (Å²) in [7, 11) is 0. The van der Waals surface area contributed by atoms with Gasteiger partial charge in [-0.1, -0.05) is 17.8 Å². The molecule has 1 N–H and O–H groups in total. The summed E-state index contributed by atoms with van der Waals surface area (Å²) >= 11 is 1.07. The maximum atomic E-state index is 12.1. The molecule has 0 aliphatic rings. The van der Waals surface area contributed by atoms with E-state index in [9.17, 15) is 14.9 Å². The highest BCUT2D eigenvalue weighted by Gasteiger charge is 2.16. The van der Waals surface area contributed by atoms with E-state index < -0.39 is 4.92 Å². The molecule has 1 aromatic carbocycles. The van der Waals surface area contributed by atoms with Gasteiger partial charge in [-0.3, -0.25) is 19.9 Å². The lowest BCUT2D eigenvalue weighted by molar-refractivity contribution is -0.385. The Bertz CT molecular complexity index is 945. The molecule has 3 aromatic rings. The highest BCUT2D eigenvalue weighted by Crippen LogP contribution is 2.26. The molecule has 0 saturated carbocycles. The Morgan fingerprint density at radius 3 is 2.88 bits per heavy atom. The molecule has 0 atom stereocenters. The van der Waals surface area contributed by atoms with Gasteiger partial charge in [0, 0.05) is 18.5 Å². The Morgan fingerprint density at radius 1 is 1.31 bits per heavy atom. The van der Waals surface area contributed by atoms with Crippen LogP contribution in [0, 0.1) is 17.0 Å². The van der Waals surface area contributed by atoms with Crippen LogP contribution in [0.5, 0.6) is 0 Å². The molecule has 132 valence electrons. The number of nitrogens with one attached hydrogen (secondary N) is 1. The summed E-state index contributed by atoms with van der Waals surface area (Å²) in [4.78, 5) is 26.5. The Balaban J connectivity index is 1.61. The molecule has 10 heteroatoms. The average Bonchev–Trinajstić information content (AvgIpc) is 3.11. The van der Waals surface area contributed by atoms with E-state index in [0.29, 0.717) is 22.7 Å². The molecule has 26 heavy (non-hydrogen) atoms. The van der Waals surface area contributed by atoms with Crippen molar-refractivity contribution in [3.63, 3.8) is 0 Å². The summed E-state index contributed by atoms with van der Waals surface area (Å²) in [6.07, 6.45) is 3.23. The average molecular weight is 371 g/mol. The van der Waals surface area contributed by atoms with Crippen molar-refractivity contribution >= 4 is 29.0 Å². The van der Waals surface area contributed by atoms with E-state index in [0.717, 1.165) is 11.8 Å². The van der Waals surface area contributed by atoms with E-state index in [1.54, 1.807) is 37.5 Å². The maximum Gasteiger partial charge on any atom is 0.277 e. The number of rotatable bonds is 6. The normalized spacial score (nSPS) is 10.5. The van der Waals surface area contributed by atoms with Gasteiger partial charge in [0.15, 0.2) is 0 Å². The first-order valence-electron chi connectivity index (χ1n) is 7.45. The van der Waals surface area contributed by atoms with E-state index in [2.05, 4.69) is 20.5 Å². The van der Waals surface area contributed by atoms with Crippen molar-refractivity contribution in [2.75, 3.05) is 11.1 Å². The van der Waals surface area contributed by atoms with Crippen LogP contribution < -0.4 is 5.32 Å². The van der Waals surface area contributed by atoms with Gasteiger partial charge >= 0.3 is 0 Å². The molecule has 1 amide bonds. The number of pyridine rings is 1. The lowest BCUT2D eigenvalue weighted by Crippen LogP contribution is -2.15. The number of aromatic nitrogens is 3. The summed E-state index contributed by atoms with van der Waals surface area (Å²) in [5, 5.41) is 21.6. The Labute approximate surface area is 152 Å². The van der Waals surface area contributed by atoms with Crippen LogP contribution in [0.4, 0.5) is 11.4 Å². The summed E-state index contributed by atoms with van der Waals surface area (Å²) in [5.74, 6) is 0.00633. The van der Waals surface area contributed by atoms with Crippen LogP contribution in [-0.4, -0.2) is 31.8 Å². The molecule has 9 nitrogen and oxygen atoms in total. The molecule has 3 rings (SSSR count). The summed E-state index contributed by atoms with van der Waals surface area (Å²) in [5.41, 5.74) is 1.43. The molecular weight excluding hydrogens is 358 g/mol. The van der Waals surface area contributed by atoms with Crippen LogP contribution in [0.25, 0.3) is 11.5 Å². The molecular formula is C16H13N5O4S. The van der Waals surface area contributed by atoms with Gasteiger partial charge < -0.3 is 9.73 Å². The van der Waals surface area contributed by atoms with Gasteiger partial charge in [0.1, 0.15) is 0 Å². The summed E-state index contributed by atoms with van der Waals surface area (Å²) < 4.78 is 5.48. The second-order valence-electron chi connectivity index (χ2n) is 5.16. The number of carbonyl (C=O) groups is 1. The van der Waals surface area contributed by atoms with E-state index >= 15 is 0 Å². The number of carbonyl (C=O) groups excluding carboxylic acids is 1. The lowest BCUT2D eigenvalue weighted by Gasteiger charge is -2.07. The van der Waals surface area contributed by atoms with E-state index in [1.807, 2.05) is 0 Å². The zero-order valence-electron chi connectivity index (χ0n) is 13.6. The molecule has 0 radical (unpaired) electrons. The number of anilines is 1. The number of nitro benzene ring substituents is 1. The molecule has 0 spiro atoms. The quantitative estimate of drug-likeness (QED) is 0.398.